The van der Waals surface area contributed by atoms with Gasteiger partial charge in [-0.05, 0) is 25.1 Å². The van der Waals surface area contributed by atoms with Gasteiger partial charge in [0.25, 0.3) is 5.89 Å². The molecule has 0 unspecified atom stereocenters. The first-order chi connectivity index (χ1) is 12.5. The summed E-state index contributed by atoms with van der Waals surface area (Å²) in [4.78, 5) is 16.2. The minimum Gasteiger partial charge on any atom is -0.452 e. The zero-order valence-corrected chi connectivity index (χ0v) is 14.5. The van der Waals surface area contributed by atoms with Crippen LogP contribution in [0.5, 0.6) is 0 Å². The molecule has 5 nitrogen and oxygen atoms in total. The number of benzene rings is 2. The maximum atomic E-state index is 13.5. The molecule has 0 N–H and O–H groups in total. The van der Waals surface area contributed by atoms with Gasteiger partial charge < -0.3 is 9.26 Å². The molecule has 0 aliphatic rings. The third kappa shape index (κ3) is 4.45. The molecule has 3 rings (SSSR count). The number of carbonyl (C=O) groups is 1. The Kier molecular flexibility index (Phi) is 5.62. The summed E-state index contributed by atoms with van der Waals surface area (Å²) in [5.74, 6) is -1.41. The number of aromatic nitrogens is 2. The van der Waals surface area contributed by atoms with Crippen LogP contribution in [-0.2, 0) is 9.53 Å². The maximum absolute atomic E-state index is 13.5. The van der Waals surface area contributed by atoms with Gasteiger partial charge in [0, 0.05) is 10.5 Å². The highest BCUT2D eigenvalue weighted by Gasteiger charge is 2.19. The van der Waals surface area contributed by atoms with Crippen molar-refractivity contribution in [1.82, 2.24) is 10.1 Å². The van der Waals surface area contributed by atoms with Crippen LogP contribution in [0.4, 0.5) is 8.78 Å². The van der Waals surface area contributed by atoms with Gasteiger partial charge in [-0.2, -0.15) is 4.98 Å². The van der Waals surface area contributed by atoms with Crippen molar-refractivity contribution in [3.63, 3.8) is 0 Å². The quantitative estimate of drug-likeness (QED) is 0.469. The molecule has 0 aliphatic carbocycles. The Balaban J connectivity index is 1.58. The van der Waals surface area contributed by atoms with E-state index in [-0.39, 0.29) is 16.5 Å². The smallest absolute Gasteiger partial charge is 0.317 e. The third-order valence-corrected chi connectivity index (χ3v) is 4.37. The van der Waals surface area contributed by atoms with Gasteiger partial charge >= 0.3 is 5.97 Å². The molecule has 1 aromatic heterocycles. The predicted octanol–water partition coefficient (Wildman–Crippen LogP) is 4.41. The van der Waals surface area contributed by atoms with Gasteiger partial charge in [0.05, 0.1) is 5.75 Å². The molecule has 0 aliphatic heterocycles. The van der Waals surface area contributed by atoms with E-state index in [1.807, 2.05) is 30.3 Å². The molecule has 1 heterocycles. The number of thioether (sulfide) groups is 1. The van der Waals surface area contributed by atoms with E-state index in [0.29, 0.717) is 5.82 Å². The van der Waals surface area contributed by atoms with Crippen molar-refractivity contribution in [2.75, 3.05) is 5.75 Å². The van der Waals surface area contributed by atoms with Gasteiger partial charge in [0.1, 0.15) is 11.6 Å². The second-order valence-electron chi connectivity index (χ2n) is 5.32. The van der Waals surface area contributed by atoms with Crippen molar-refractivity contribution in [1.29, 1.82) is 0 Å². The van der Waals surface area contributed by atoms with E-state index in [4.69, 9.17) is 9.26 Å². The molecule has 0 saturated carbocycles. The fourth-order valence-corrected chi connectivity index (χ4v) is 2.85. The highest BCUT2D eigenvalue weighted by atomic mass is 32.2. The molecule has 0 radical (unpaired) electrons. The van der Waals surface area contributed by atoms with Crippen molar-refractivity contribution in [2.24, 2.45) is 0 Å². The van der Waals surface area contributed by atoms with Crippen LogP contribution in [0.15, 0.2) is 57.9 Å². The Morgan fingerprint density at radius 2 is 2.00 bits per heavy atom. The molecule has 2 aromatic carbocycles. The summed E-state index contributed by atoms with van der Waals surface area (Å²) in [5.41, 5.74) is 0.776. The van der Waals surface area contributed by atoms with E-state index < -0.39 is 23.7 Å². The normalized spacial score (nSPS) is 12.0. The standard InChI is InChI=1S/C18H14F2N2O3S/c1-11(18-21-17(22-25-18)12-5-3-2-4-6-12)24-16(23)10-26-15-9-13(19)7-8-14(15)20/h2-9,11H,10H2,1H3/t11-/m0/s1. The number of halogens is 2. The summed E-state index contributed by atoms with van der Waals surface area (Å²) in [6, 6.07) is 12.3. The van der Waals surface area contributed by atoms with Crippen molar-refractivity contribution in [3.05, 3.63) is 66.1 Å². The molecular formula is C18H14F2N2O3S. The summed E-state index contributed by atoms with van der Waals surface area (Å²) >= 11 is 0.852. The summed E-state index contributed by atoms with van der Waals surface area (Å²) in [7, 11) is 0. The Hall–Kier alpha value is -2.74. The maximum Gasteiger partial charge on any atom is 0.317 e. The third-order valence-electron chi connectivity index (χ3n) is 3.37. The van der Waals surface area contributed by atoms with Crippen molar-refractivity contribution >= 4 is 17.7 Å². The van der Waals surface area contributed by atoms with E-state index in [1.165, 1.54) is 0 Å². The summed E-state index contributed by atoms with van der Waals surface area (Å²) in [6.45, 7) is 1.59. The Morgan fingerprint density at radius 1 is 1.23 bits per heavy atom. The van der Waals surface area contributed by atoms with Gasteiger partial charge in [0.2, 0.25) is 5.82 Å². The molecule has 134 valence electrons. The first kappa shape index (κ1) is 18.1. The van der Waals surface area contributed by atoms with Gasteiger partial charge in [0.15, 0.2) is 6.10 Å². The average molecular weight is 376 g/mol. The van der Waals surface area contributed by atoms with E-state index in [1.54, 1.807) is 6.92 Å². The van der Waals surface area contributed by atoms with Crippen molar-refractivity contribution in [3.8, 4) is 11.4 Å². The summed E-state index contributed by atoms with van der Waals surface area (Å²) in [5, 5.41) is 3.86. The Bertz CT molecular complexity index is 902. The van der Waals surface area contributed by atoms with Crippen LogP contribution < -0.4 is 0 Å². The molecule has 0 fully saturated rings. The van der Waals surface area contributed by atoms with Crippen LogP contribution in [0.1, 0.15) is 18.9 Å². The highest BCUT2D eigenvalue weighted by Crippen LogP contribution is 2.24. The van der Waals surface area contributed by atoms with Crippen LogP contribution in [0, 0.1) is 11.6 Å². The van der Waals surface area contributed by atoms with E-state index in [2.05, 4.69) is 10.1 Å². The van der Waals surface area contributed by atoms with E-state index in [0.717, 1.165) is 35.5 Å². The second-order valence-corrected chi connectivity index (χ2v) is 6.33. The van der Waals surface area contributed by atoms with Gasteiger partial charge in [-0.15, -0.1) is 11.8 Å². The molecule has 0 bridgehead atoms. The fourth-order valence-electron chi connectivity index (χ4n) is 2.11. The van der Waals surface area contributed by atoms with Gasteiger partial charge in [-0.1, -0.05) is 35.5 Å². The number of ether oxygens (including phenoxy) is 1. The molecule has 0 spiro atoms. The lowest BCUT2D eigenvalue weighted by molar-refractivity contribution is -0.146. The van der Waals surface area contributed by atoms with Crippen LogP contribution >= 0.6 is 11.8 Å². The lowest BCUT2D eigenvalue weighted by Crippen LogP contribution is -2.11. The van der Waals surface area contributed by atoms with Crippen LogP contribution in [0.3, 0.4) is 0 Å². The lowest BCUT2D eigenvalue weighted by Gasteiger charge is -2.09. The number of carbonyl (C=O) groups excluding carboxylic acids is 1. The van der Waals surface area contributed by atoms with Crippen molar-refractivity contribution < 1.29 is 22.8 Å². The first-order valence-electron chi connectivity index (χ1n) is 7.69. The fraction of sp³-hybridized carbons (Fsp3) is 0.167. The number of hydrogen-bond donors (Lipinski definition) is 0. The minimum atomic E-state index is -0.759. The van der Waals surface area contributed by atoms with Crippen molar-refractivity contribution in [2.45, 2.75) is 17.9 Å². The molecule has 26 heavy (non-hydrogen) atoms. The molecule has 1 atom stereocenters. The SMILES string of the molecule is C[C@H](OC(=O)CSc1cc(F)ccc1F)c1nc(-c2ccccc2)no1. The van der Waals surface area contributed by atoms with Crippen LogP contribution in [-0.4, -0.2) is 21.9 Å². The number of nitrogens with zero attached hydrogens (tertiary/aromatic N) is 2. The summed E-state index contributed by atoms with van der Waals surface area (Å²) in [6.07, 6.45) is -0.759. The molecule has 0 amide bonds. The largest absolute Gasteiger partial charge is 0.452 e. The van der Waals surface area contributed by atoms with E-state index in [9.17, 15) is 13.6 Å². The highest BCUT2D eigenvalue weighted by molar-refractivity contribution is 8.00. The minimum absolute atomic E-state index is 0.0405. The Morgan fingerprint density at radius 3 is 2.77 bits per heavy atom. The summed E-state index contributed by atoms with van der Waals surface area (Å²) < 4.78 is 37.0. The monoisotopic (exact) mass is 376 g/mol. The Labute approximate surface area is 152 Å². The average Bonchev–Trinajstić information content (AvgIpc) is 3.13. The van der Waals surface area contributed by atoms with Gasteiger partial charge in [-0.3, -0.25) is 4.79 Å². The first-order valence-corrected chi connectivity index (χ1v) is 8.68. The second kappa shape index (κ2) is 8.09. The zero-order valence-electron chi connectivity index (χ0n) is 13.7. The number of hydrogen-bond acceptors (Lipinski definition) is 6. The molecule has 0 saturated heterocycles. The number of esters is 1. The molecule has 3 aromatic rings. The van der Waals surface area contributed by atoms with Gasteiger partial charge in [-0.25, -0.2) is 8.78 Å². The topological polar surface area (TPSA) is 65.2 Å². The van der Waals surface area contributed by atoms with E-state index >= 15 is 0 Å². The lowest BCUT2D eigenvalue weighted by atomic mass is 10.2. The zero-order chi connectivity index (χ0) is 18.5. The van der Waals surface area contributed by atoms with Crippen LogP contribution in [0.2, 0.25) is 0 Å². The van der Waals surface area contributed by atoms with Crippen LogP contribution in [0.25, 0.3) is 11.4 Å². The predicted molar refractivity (Wildman–Crippen MR) is 91.3 cm³/mol. The molecular weight excluding hydrogens is 362 g/mol. The molecule has 8 heteroatoms. The number of rotatable bonds is 6.